The van der Waals surface area contributed by atoms with Crippen molar-refractivity contribution in [2.75, 3.05) is 14.1 Å². The smallest absolute Gasteiger partial charge is 0.160 e. The average molecular weight is 128 g/mol. The van der Waals surface area contributed by atoms with Gasteiger partial charge in [0.25, 0.3) is 0 Å². The highest BCUT2D eigenvalue weighted by molar-refractivity contribution is 6.43. The van der Waals surface area contributed by atoms with Crippen LogP contribution < -0.4 is 0 Å². The zero-order chi connectivity index (χ0) is 5.15. The number of hydrogen-bond acceptors (Lipinski definition) is 1. The van der Waals surface area contributed by atoms with Gasteiger partial charge in [0.2, 0.25) is 0 Å². The van der Waals surface area contributed by atoms with E-state index in [1.807, 2.05) is 14.1 Å². The maximum atomic E-state index is 5.30. The van der Waals surface area contributed by atoms with E-state index in [1.165, 1.54) is 0 Å². The van der Waals surface area contributed by atoms with Gasteiger partial charge in [-0.3, -0.25) is 4.90 Å². The van der Waals surface area contributed by atoms with Crippen molar-refractivity contribution in [1.82, 2.24) is 4.90 Å². The zero-order valence-corrected chi connectivity index (χ0v) is 5.29. The van der Waals surface area contributed by atoms with Crippen LogP contribution in [-0.4, -0.2) is 24.0 Å². The van der Waals surface area contributed by atoms with Crippen molar-refractivity contribution >= 4 is 23.2 Å². The van der Waals surface area contributed by atoms with Crippen LogP contribution in [-0.2, 0) is 0 Å². The summed E-state index contributed by atoms with van der Waals surface area (Å²) in [7, 11) is 3.62. The highest BCUT2D eigenvalue weighted by atomic mass is 35.5. The van der Waals surface area contributed by atoms with Gasteiger partial charge in [-0.15, -0.1) is 0 Å². The summed E-state index contributed by atoms with van der Waals surface area (Å²) in [5, 5.41) is 0. The van der Waals surface area contributed by atoms with E-state index in [4.69, 9.17) is 23.2 Å². The van der Waals surface area contributed by atoms with Gasteiger partial charge >= 0.3 is 0 Å². The van der Waals surface area contributed by atoms with Gasteiger partial charge < -0.3 is 0 Å². The van der Waals surface area contributed by atoms with Crippen LogP contribution in [0.3, 0.4) is 0 Å². The highest BCUT2D eigenvalue weighted by Crippen LogP contribution is 2.01. The lowest BCUT2D eigenvalue weighted by atomic mass is 11.0. The van der Waals surface area contributed by atoms with Crippen LogP contribution in [0.2, 0.25) is 0 Å². The minimum absolute atomic E-state index is 0.370. The third-order valence-corrected chi connectivity index (χ3v) is 1.17. The second kappa shape index (κ2) is 2.67. The van der Waals surface area contributed by atoms with Crippen molar-refractivity contribution < 1.29 is 0 Å². The van der Waals surface area contributed by atoms with E-state index in [2.05, 4.69) is 0 Å². The summed E-state index contributed by atoms with van der Waals surface area (Å²) in [6, 6.07) is 0. The fourth-order valence-electron chi connectivity index (χ4n) is 0. The number of hydrogen-bond donors (Lipinski definition) is 0. The number of rotatable bonds is 1. The Morgan fingerprint density at radius 1 is 1.33 bits per heavy atom. The van der Waals surface area contributed by atoms with E-state index in [1.54, 1.807) is 4.90 Å². The minimum Gasteiger partial charge on any atom is -0.281 e. The van der Waals surface area contributed by atoms with Crippen molar-refractivity contribution in [2.24, 2.45) is 0 Å². The van der Waals surface area contributed by atoms with Gasteiger partial charge in [-0.05, 0) is 14.1 Å². The quantitative estimate of drug-likeness (QED) is 0.380. The molecule has 0 aliphatic rings. The number of nitrogens with zero attached hydrogens (tertiary/aromatic N) is 1. The summed E-state index contributed by atoms with van der Waals surface area (Å²) in [6.07, 6.45) is 0. The van der Waals surface area contributed by atoms with Crippen molar-refractivity contribution in [3.63, 3.8) is 0 Å². The average Bonchev–Trinajstić information content (AvgIpc) is 1.36. The van der Waals surface area contributed by atoms with E-state index < -0.39 is 0 Å². The Hall–Kier alpha value is 0.540. The maximum Gasteiger partial charge on any atom is 0.160 e. The summed E-state index contributed by atoms with van der Waals surface area (Å²) in [5.41, 5.74) is 0. The first-order valence-corrected chi connectivity index (χ1v) is 2.46. The van der Waals surface area contributed by atoms with Crippen molar-refractivity contribution in [1.29, 1.82) is 0 Å². The van der Waals surface area contributed by atoms with Crippen LogP contribution in [0, 0.1) is 0 Å². The molecule has 6 heavy (non-hydrogen) atoms. The molecule has 38 valence electrons. The lowest BCUT2D eigenvalue weighted by Gasteiger charge is -2.07. The van der Waals surface area contributed by atoms with Gasteiger partial charge in [0.1, 0.15) is 0 Å². The first kappa shape index (κ1) is 6.54. The first-order chi connectivity index (χ1) is 2.64. The predicted molar refractivity (Wildman–Crippen MR) is 29.2 cm³/mol. The summed E-state index contributed by atoms with van der Waals surface area (Å²) < 4.78 is 0. The molecule has 1 nitrogen and oxygen atoms in total. The third-order valence-electron chi connectivity index (χ3n) is 0.390. The van der Waals surface area contributed by atoms with Gasteiger partial charge in [-0.1, -0.05) is 23.2 Å². The van der Waals surface area contributed by atoms with Crippen molar-refractivity contribution in [3.8, 4) is 0 Å². The van der Waals surface area contributed by atoms with E-state index in [0.717, 1.165) is 0 Å². The van der Waals surface area contributed by atoms with Crippen molar-refractivity contribution in [3.05, 3.63) is 0 Å². The first-order valence-electron chi connectivity index (χ1n) is 1.59. The second-order valence-corrected chi connectivity index (χ2v) is 2.29. The molecule has 0 unspecified atom stereocenters. The molecule has 0 aliphatic heterocycles. The normalized spacial score (nSPS) is 11.0. The Balaban J connectivity index is 2.99. The molecule has 0 radical (unpaired) electrons. The zero-order valence-electron chi connectivity index (χ0n) is 3.78. The third kappa shape index (κ3) is 2.76. The number of alkyl halides is 2. The van der Waals surface area contributed by atoms with E-state index >= 15 is 0 Å². The Labute approximate surface area is 47.8 Å². The van der Waals surface area contributed by atoms with Gasteiger partial charge in [0, 0.05) is 0 Å². The van der Waals surface area contributed by atoms with Gasteiger partial charge in [-0.2, -0.15) is 0 Å². The monoisotopic (exact) mass is 127 g/mol. The highest BCUT2D eigenvalue weighted by Gasteiger charge is 1.96. The molecule has 0 spiro atoms. The van der Waals surface area contributed by atoms with E-state index in [0.29, 0.717) is 0 Å². The van der Waals surface area contributed by atoms with E-state index in [-0.39, 0.29) is 4.96 Å². The lowest BCUT2D eigenvalue weighted by Crippen LogP contribution is -2.15. The van der Waals surface area contributed by atoms with Crippen LogP contribution in [0.1, 0.15) is 0 Å². The molecule has 0 aromatic rings. The molecule has 0 amide bonds. The van der Waals surface area contributed by atoms with Crippen LogP contribution in [0.4, 0.5) is 0 Å². The lowest BCUT2D eigenvalue weighted by molar-refractivity contribution is 0.449. The summed E-state index contributed by atoms with van der Waals surface area (Å²) >= 11 is 10.6. The molecule has 0 fully saturated rings. The molecular formula is C3H7Cl2N. The minimum atomic E-state index is -0.370. The Bertz CT molecular complexity index is 29.8. The molecule has 0 atom stereocenters. The predicted octanol–water partition coefficient (Wildman–Crippen LogP) is 1.31. The van der Waals surface area contributed by atoms with Crippen LogP contribution >= 0.6 is 23.2 Å². The molecule has 0 saturated carbocycles. The van der Waals surface area contributed by atoms with Gasteiger partial charge in [-0.25, -0.2) is 0 Å². The molecular weight excluding hydrogens is 121 g/mol. The Morgan fingerprint density at radius 2 is 1.50 bits per heavy atom. The molecule has 0 heterocycles. The molecule has 0 rings (SSSR count). The second-order valence-electron chi connectivity index (χ2n) is 1.24. The topological polar surface area (TPSA) is 3.24 Å². The summed E-state index contributed by atoms with van der Waals surface area (Å²) in [5.74, 6) is 0. The van der Waals surface area contributed by atoms with Gasteiger partial charge in [0.05, 0.1) is 0 Å². The molecule has 3 heteroatoms. The molecule has 0 aliphatic carbocycles. The van der Waals surface area contributed by atoms with Crippen molar-refractivity contribution in [2.45, 2.75) is 4.96 Å². The fourth-order valence-corrected chi connectivity index (χ4v) is 0. The standard InChI is InChI=1S/C3H7Cl2N/c1-6(2)3(4)5/h3H,1-2H3. The largest absolute Gasteiger partial charge is 0.281 e. The van der Waals surface area contributed by atoms with Gasteiger partial charge in [0.15, 0.2) is 4.96 Å². The number of halogens is 2. The summed E-state index contributed by atoms with van der Waals surface area (Å²) in [4.78, 5) is 1.33. The van der Waals surface area contributed by atoms with E-state index in [9.17, 15) is 0 Å². The molecule has 0 aromatic carbocycles. The molecule has 0 aromatic heterocycles. The Morgan fingerprint density at radius 3 is 1.50 bits per heavy atom. The molecule has 0 bridgehead atoms. The van der Waals surface area contributed by atoms with Crippen LogP contribution in [0.5, 0.6) is 0 Å². The molecule has 0 N–H and O–H groups in total. The SMILES string of the molecule is CN(C)C(Cl)Cl. The Kier molecular flexibility index (Phi) is 2.91. The van der Waals surface area contributed by atoms with Crippen LogP contribution in [0.25, 0.3) is 0 Å². The fraction of sp³-hybridized carbons (Fsp3) is 1.00. The van der Waals surface area contributed by atoms with Crippen LogP contribution in [0.15, 0.2) is 0 Å². The summed E-state index contributed by atoms with van der Waals surface area (Å²) in [6.45, 7) is 0. The maximum absolute atomic E-state index is 5.30. The molecule has 0 saturated heterocycles.